The summed E-state index contributed by atoms with van der Waals surface area (Å²) >= 11 is 0. The van der Waals surface area contributed by atoms with Crippen molar-refractivity contribution in [2.75, 3.05) is 13.1 Å². The van der Waals surface area contributed by atoms with Crippen LogP contribution < -0.4 is 11.3 Å². The number of H-pyrrole nitrogens is 1. The van der Waals surface area contributed by atoms with Crippen LogP contribution in [0.5, 0.6) is 0 Å². The molecule has 0 aliphatic carbocycles. The molecular weight excluding hydrogens is 278 g/mol. The molecule has 2 aromatic rings. The molecule has 6 heteroatoms. The summed E-state index contributed by atoms with van der Waals surface area (Å²) in [6, 6.07) is 10.4. The SMILES string of the molecule is CC1CN(Cc2ccccc2)CC1c1nnc(CN)c(=O)[nH]1. The second-order valence-electron chi connectivity index (χ2n) is 5.95. The van der Waals surface area contributed by atoms with Crippen molar-refractivity contribution < 1.29 is 0 Å². The highest BCUT2D eigenvalue weighted by Gasteiger charge is 2.32. The van der Waals surface area contributed by atoms with Crippen LogP contribution in [0.4, 0.5) is 0 Å². The molecule has 116 valence electrons. The molecule has 1 fully saturated rings. The molecule has 0 radical (unpaired) electrons. The van der Waals surface area contributed by atoms with Crippen molar-refractivity contribution in [1.82, 2.24) is 20.1 Å². The number of likely N-dealkylation sites (tertiary alicyclic amines) is 1. The first-order chi connectivity index (χ1) is 10.7. The zero-order valence-corrected chi connectivity index (χ0v) is 12.7. The van der Waals surface area contributed by atoms with E-state index in [4.69, 9.17) is 5.73 Å². The molecule has 3 N–H and O–H groups in total. The van der Waals surface area contributed by atoms with E-state index in [1.165, 1.54) is 5.56 Å². The maximum Gasteiger partial charge on any atom is 0.274 e. The van der Waals surface area contributed by atoms with Gasteiger partial charge in [0.25, 0.3) is 5.56 Å². The van der Waals surface area contributed by atoms with Gasteiger partial charge in [-0.05, 0) is 11.5 Å². The summed E-state index contributed by atoms with van der Waals surface area (Å²) in [5.41, 5.74) is 6.82. The van der Waals surface area contributed by atoms with E-state index in [0.29, 0.717) is 11.7 Å². The standard InChI is InChI=1S/C16H21N5O/c1-11-8-21(9-12-5-3-2-4-6-12)10-13(11)15-18-16(22)14(7-17)19-20-15/h2-6,11,13H,7-10,17H2,1H3,(H,18,20,22). The first-order valence-corrected chi connectivity index (χ1v) is 7.59. The highest BCUT2D eigenvalue weighted by atomic mass is 16.1. The summed E-state index contributed by atoms with van der Waals surface area (Å²) in [7, 11) is 0. The lowest BCUT2D eigenvalue weighted by Crippen LogP contribution is -2.25. The highest BCUT2D eigenvalue weighted by molar-refractivity contribution is 5.15. The Balaban J connectivity index is 1.73. The van der Waals surface area contributed by atoms with Crippen LogP contribution in [0.3, 0.4) is 0 Å². The lowest BCUT2D eigenvalue weighted by molar-refractivity contribution is 0.318. The molecule has 2 unspecified atom stereocenters. The quantitative estimate of drug-likeness (QED) is 0.874. The average Bonchev–Trinajstić information content (AvgIpc) is 2.88. The number of nitrogens with one attached hydrogen (secondary N) is 1. The number of nitrogens with zero attached hydrogens (tertiary/aromatic N) is 3. The Morgan fingerprint density at radius 2 is 2.05 bits per heavy atom. The van der Waals surface area contributed by atoms with Crippen molar-refractivity contribution in [3.8, 4) is 0 Å². The van der Waals surface area contributed by atoms with Gasteiger partial charge in [-0.25, -0.2) is 0 Å². The van der Waals surface area contributed by atoms with Gasteiger partial charge >= 0.3 is 0 Å². The maximum absolute atomic E-state index is 11.9. The number of benzene rings is 1. The van der Waals surface area contributed by atoms with E-state index in [1.54, 1.807) is 0 Å². The largest absolute Gasteiger partial charge is 0.325 e. The van der Waals surface area contributed by atoms with E-state index in [-0.39, 0.29) is 23.7 Å². The summed E-state index contributed by atoms with van der Waals surface area (Å²) in [5.74, 6) is 1.30. The van der Waals surface area contributed by atoms with Gasteiger partial charge in [0.1, 0.15) is 11.5 Å². The van der Waals surface area contributed by atoms with Crippen LogP contribution in [-0.4, -0.2) is 33.2 Å². The van der Waals surface area contributed by atoms with Crippen molar-refractivity contribution in [2.24, 2.45) is 11.7 Å². The van der Waals surface area contributed by atoms with Crippen LogP contribution in [0.2, 0.25) is 0 Å². The predicted molar refractivity (Wildman–Crippen MR) is 84.2 cm³/mol. The number of aromatic nitrogens is 3. The van der Waals surface area contributed by atoms with Crippen molar-refractivity contribution >= 4 is 0 Å². The van der Waals surface area contributed by atoms with Gasteiger partial charge < -0.3 is 10.7 Å². The third-order valence-electron chi connectivity index (χ3n) is 4.26. The second-order valence-corrected chi connectivity index (χ2v) is 5.95. The molecule has 22 heavy (non-hydrogen) atoms. The van der Waals surface area contributed by atoms with E-state index < -0.39 is 0 Å². The van der Waals surface area contributed by atoms with Gasteiger partial charge in [-0.1, -0.05) is 37.3 Å². The number of hydrogen-bond acceptors (Lipinski definition) is 5. The summed E-state index contributed by atoms with van der Waals surface area (Å²) in [4.78, 5) is 17.1. The minimum atomic E-state index is -0.221. The number of nitrogens with two attached hydrogens (primary N) is 1. The van der Waals surface area contributed by atoms with Gasteiger partial charge in [0, 0.05) is 32.1 Å². The Hall–Kier alpha value is -2.05. The van der Waals surface area contributed by atoms with E-state index >= 15 is 0 Å². The Bertz CT molecular complexity index is 684. The minimum Gasteiger partial charge on any atom is -0.325 e. The lowest BCUT2D eigenvalue weighted by Gasteiger charge is -2.15. The molecule has 6 nitrogen and oxygen atoms in total. The maximum atomic E-state index is 11.9. The molecule has 1 aliphatic rings. The molecule has 0 saturated carbocycles. The van der Waals surface area contributed by atoms with Crippen molar-refractivity contribution in [2.45, 2.75) is 25.9 Å². The molecule has 0 amide bonds. The predicted octanol–water partition coefficient (Wildman–Crippen LogP) is 0.859. The minimum absolute atomic E-state index is 0.114. The van der Waals surface area contributed by atoms with Crippen molar-refractivity contribution in [1.29, 1.82) is 0 Å². The number of rotatable bonds is 4. The Labute approximate surface area is 129 Å². The van der Waals surface area contributed by atoms with Crippen molar-refractivity contribution in [3.05, 3.63) is 57.8 Å². The third-order valence-corrected chi connectivity index (χ3v) is 4.26. The lowest BCUT2D eigenvalue weighted by atomic mass is 9.97. The zero-order valence-electron chi connectivity index (χ0n) is 12.7. The Morgan fingerprint density at radius 1 is 1.27 bits per heavy atom. The molecule has 0 bridgehead atoms. The first kappa shape index (κ1) is 14.9. The molecule has 2 heterocycles. The smallest absolute Gasteiger partial charge is 0.274 e. The van der Waals surface area contributed by atoms with Gasteiger partial charge in [-0.15, -0.1) is 10.2 Å². The highest BCUT2D eigenvalue weighted by Crippen LogP contribution is 2.30. The van der Waals surface area contributed by atoms with Crippen LogP contribution in [0.15, 0.2) is 35.1 Å². The molecule has 1 aliphatic heterocycles. The average molecular weight is 299 g/mol. The van der Waals surface area contributed by atoms with Gasteiger partial charge in [0.15, 0.2) is 0 Å². The molecular formula is C16H21N5O. The number of aromatic amines is 1. The Morgan fingerprint density at radius 3 is 2.73 bits per heavy atom. The summed E-state index contributed by atoms with van der Waals surface area (Å²) in [5, 5.41) is 8.12. The molecule has 2 atom stereocenters. The second kappa shape index (κ2) is 6.37. The monoisotopic (exact) mass is 299 g/mol. The summed E-state index contributed by atoms with van der Waals surface area (Å²) < 4.78 is 0. The number of hydrogen-bond donors (Lipinski definition) is 2. The fraction of sp³-hybridized carbons (Fsp3) is 0.438. The van der Waals surface area contributed by atoms with Gasteiger partial charge in [-0.3, -0.25) is 9.69 Å². The van der Waals surface area contributed by atoms with Crippen LogP contribution >= 0.6 is 0 Å². The van der Waals surface area contributed by atoms with Crippen LogP contribution in [0.1, 0.15) is 29.9 Å². The van der Waals surface area contributed by atoms with E-state index in [1.807, 2.05) is 6.07 Å². The molecule has 3 rings (SSSR count). The summed E-state index contributed by atoms with van der Waals surface area (Å²) in [6.45, 7) is 5.08. The Kier molecular flexibility index (Phi) is 4.31. The fourth-order valence-corrected chi connectivity index (χ4v) is 3.07. The van der Waals surface area contributed by atoms with Gasteiger partial charge in [-0.2, -0.15) is 0 Å². The van der Waals surface area contributed by atoms with Gasteiger partial charge in [0.05, 0.1) is 0 Å². The normalized spacial score (nSPS) is 22.1. The van der Waals surface area contributed by atoms with E-state index in [2.05, 4.69) is 51.3 Å². The molecule has 1 aromatic carbocycles. The molecule has 1 aromatic heterocycles. The van der Waals surface area contributed by atoms with E-state index in [9.17, 15) is 4.79 Å². The van der Waals surface area contributed by atoms with Crippen LogP contribution in [0, 0.1) is 5.92 Å². The van der Waals surface area contributed by atoms with Gasteiger partial charge in [0.2, 0.25) is 0 Å². The zero-order chi connectivity index (χ0) is 15.5. The molecule has 1 saturated heterocycles. The van der Waals surface area contributed by atoms with Crippen molar-refractivity contribution in [3.63, 3.8) is 0 Å². The fourth-order valence-electron chi connectivity index (χ4n) is 3.07. The van der Waals surface area contributed by atoms with Crippen LogP contribution in [0.25, 0.3) is 0 Å². The topological polar surface area (TPSA) is 87.9 Å². The molecule has 0 spiro atoms. The summed E-state index contributed by atoms with van der Waals surface area (Å²) in [6.07, 6.45) is 0. The van der Waals surface area contributed by atoms with E-state index in [0.717, 1.165) is 19.6 Å². The third kappa shape index (κ3) is 3.08. The van der Waals surface area contributed by atoms with Crippen LogP contribution in [-0.2, 0) is 13.1 Å². The first-order valence-electron chi connectivity index (χ1n) is 7.59.